The summed E-state index contributed by atoms with van der Waals surface area (Å²) in [7, 11) is 0.847. The zero-order valence-corrected chi connectivity index (χ0v) is 25.7. The third-order valence-electron chi connectivity index (χ3n) is 7.35. The van der Waals surface area contributed by atoms with Gasteiger partial charge in [-0.25, -0.2) is 4.79 Å². The minimum Gasteiger partial charge on any atom is -0.496 e. The maximum absolute atomic E-state index is 13.3. The molecule has 0 bridgehead atoms. The average Bonchev–Trinajstić information content (AvgIpc) is 3.08. The van der Waals surface area contributed by atoms with Crippen molar-refractivity contribution in [2.24, 2.45) is 0 Å². The summed E-state index contributed by atoms with van der Waals surface area (Å²) < 4.78 is 29.9. The van der Waals surface area contributed by atoms with Crippen LogP contribution in [-0.2, 0) is 36.5 Å². The summed E-state index contributed by atoms with van der Waals surface area (Å²) >= 11 is 0. The molecule has 218 valence electrons. The smallest absolute Gasteiger partial charge is 0.495 e. The third kappa shape index (κ3) is 6.99. The number of carbonyl (C=O) groups is 2. The minimum absolute atomic E-state index is 0.0295. The van der Waals surface area contributed by atoms with Crippen LogP contribution in [-0.4, -0.2) is 61.1 Å². The van der Waals surface area contributed by atoms with E-state index >= 15 is 0 Å². The van der Waals surface area contributed by atoms with E-state index in [2.05, 4.69) is 0 Å². The number of hydrogen-bond acceptors (Lipinski definition) is 7. The molecule has 1 saturated heterocycles. The van der Waals surface area contributed by atoms with Crippen LogP contribution in [0.4, 0.5) is 4.79 Å². The molecule has 3 rings (SSSR count). The average molecular weight is 554 g/mol. The Bertz CT molecular complexity index is 1190. The molecule has 8 nitrogen and oxygen atoms in total. The molecule has 0 saturated carbocycles. The lowest BCUT2D eigenvalue weighted by Gasteiger charge is -2.32. The van der Waals surface area contributed by atoms with Crippen LogP contribution >= 0.6 is 0 Å². The first-order chi connectivity index (χ1) is 18.6. The standard InChI is InChI=1S/C31H44BNO7/c1-11-33(28(35)38-29(3,4)5)20-23-22(18-26(34)37-12-2)24(32-39-30(6,7)31(8,9)40-32)19-25(36-10)27(23)21-16-14-13-15-17-21/h13-17,19H,11-12,18,20H2,1-10H3. The fourth-order valence-corrected chi connectivity index (χ4v) is 4.60. The fraction of sp³-hybridized carbons (Fsp3) is 0.548. The second-order valence-corrected chi connectivity index (χ2v) is 11.9. The number of carbonyl (C=O) groups excluding carboxylic acids is 2. The van der Waals surface area contributed by atoms with Crippen molar-refractivity contribution in [2.45, 2.75) is 92.1 Å². The van der Waals surface area contributed by atoms with Gasteiger partial charge in [0.2, 0.25) is 0 Å². The van der Waals surface area contributed by atoms with Gasteiger partial charge >= 0.3 is 19.2 Å². The first-order valence-corrected chi connectivity index (χ1v) is 13.9. The predicted octanol–water partition coefficient (Wildman–Crippen LogP) is 5.52. The number of hydrogen-bond donors (Lipinski definition) is 0. The molecule has 1 heterocycles. The van der Waals surface area contributed by atoms with Gasteiger partial charge in [0.1, 0.15) is 11.4 Å². The largest absolute Gasteiger partial charge is 0.496 e. The van der Waals surface area contributed by atoms with Gasteiger partial charge in [-0.2, -0.15) is 0 Å². The Labute approximate surface area is 239 Å². The van der Waals surface area contributed by atoms with Crippen LogP contribution in [0.2, 0.25) is 0 Å². The summed E-state index contributed by atoms with van der Waals surface area (Å²) in [5.41, 5.74) is 1.90. The molecular formula is C31H44BNO7. The third-order valence-corrected chi connectivity index (χ3v) is 7.35. The molecule has 2 aromatic rings. The van der Waals surface area contributed by atoms with E-state index in [0.717, 1.165) is 16.7 Å². The van der Waals surface area contributed by atoms with Crippen molar-refractivity contribution in [2.75, 3.05) is 20.3 Å². The van der Waals surface area contributed by atoms with Crippen LogP contribution in [0.5, 0.6) is 5.75 Å². The number of nitrogens with zero attached hydrogens (tertiary/aromatic N) is 1. The van der Waals surface area contributed by atoms with Crippen molar-refractivity contribution < 1.29 is 33.1 Å². The summed E-state index contributed by atoms with van der Waals surface area (Å²) in [6.07, 6.45) is -0.478. The maximum Gasteiger partial charge on any atom is 0.495 e. The normalized spacial score (nSPS) is 16.0. The first kappa shape index (κ1) is 31.5. The zero-order chi connectivity index (χ0) is 29.9. The van der Waals surface area contributed by atoms with Crippen molar-refractivity contribution in [1.82, 2.24) is 4.90 Å². The van der Waals surface area contributed by atoms with E-state index in [4.69, 9.17) is 23.5 Å². The molecule has 2 aromatic carbocycles. The van der Waals surface area contributed by atoms with E-state index in [9.17, 15) is 9.59 Å². The molecule has 0 atom stereocenters. The molecule has 1 aliphatic rings. The van der Waals surface area contributed by atoms with E-state index in [1.54, 1.807) is 18.9 Å². The number of ether oxygens (including phenoxy) is 3. The van der Waals surface area contributed by atoms with Crippen molar-refractivity contribution in [3.8, 4) is 16.9 Å². The lowest BCUT2D eigenvalue weighted by Crippen LogP contribution is -2.41. The van der Waals surface area contributed by atoms with Gasteiger partial charge in [0.05, 0.1) is 31.3 Å². The number of amides is 1. The molecule has 0 radical (unpaired) electrons. The number of rotatable bonds is 9. The molecule has 1 fully saturated rings. The molecule has 0 N–H and O–H groups in total. The molecule has 9 heteroatoms. The predicted molar refractivity (Wildman–Crippen MR) is 157 cm³/mol. The summed E-state index contributed by atoms with van der Waals surface area (Å²) in [5.74, 6) is 0.199. The molecule has 0 aromatic heterocycles. The summed E-state index contributed by atoms with van der Waals surface area (Å²) in [4.78, 5) is 27.9. The first-order valence-electron chi connectivity index (χ1n) is 13.9. The second-order valence-electron chi connectivity index (χ2n) is 11.9. The highest BCUT2D eigenvalue weighted by Gasteiger charge is 2.52. The van der Waals surface area contributed by atoms with Crippen LogP contribution < -0.4 is 10.2 Å². The van der Waals surface area contributed by atoms with E-state index in [-0.39, 0.29) is 25.5 Å². The minimum atomic E-state index is -0.761. The Morgan fingerprint density at radius 2 is 1.57 bits per heavy atom. The van der Waals surface area contributed by atoms with Crippen molar-refractivity contribution in [3.63, 3.8) is 0 Å². The second kappa shape index (κ2) is 12.2. The lowest BCUT2D eigenvalue weighted by molar-refractivity contribution is -0.142. The van der Waals surface area contributed by atoms with Crippen LogP contribution in [0.25, 0.3) is 11.1 Å². The molecule has 0 spiro atoms. The monoisotopic (exact) mass is 553 g/mol. The molecular weight excluding hydrogens is 509 g/mol. The Hall–Kier alpha value is -3.04. The molecule has 40 heavy (non-hydrogen) atoms. The molecule has 1 aliphatic heterocycles. The van der Waals surface area contributed by atoms with Gasteiger partial charge in [-0.15, -0.1) is 0 Å². The zero-order valence-electron chi connectivity index (χ0n) is 25.7. The summed E-state index contributed by atoms with van der Waals surface area (Å²) in [6.45, 7) is 17.9. The Kier molecular flexibility index (Phi) is 9.63. The van der Waals surface area contributed by atoms with E-state index in [0.29, 0.717) is 23.3 Å². The van der Waals surface area contributed by atoms with Gasteiger partial charge in [0, 0.05) is 18.7 Å². The van der Waals surface area contributed by atoms with E-state index in [1.807, 2.05) is 91.8 Å². The van der Waals surface area contributed by atoms with Crippen molar-refractivity contribution in [1.29, 1.82) is 0 Å². The number of methoxy groups -OCH3 is 1. The summed E-state index contributed by atoms with van der Waals surface area (Å²) in [5, 5.41) is 0. The van der Waals surface area contributed by atoms with Gasteiger partial charge in [-0.05, 0) is 90.5 Å². The van der Waals surface area contributed by atoms with Crippen LogP contribution in [0.15, 0.2) is 36.4 Å². The Balaban J connectivity index is 2.32. The van der Waals surface area contributed by atoms with E-state index < -0.39 is 30.0 Å². The van der Waals surface area contributed by atoms with E-state index in [1.165, 1.54) is 0 Å². The van der Waals surface area contributed by atoms with Crippen LogP contribution in [0, 0.1) is 0 Å². The van der Waals surface area contributed by atoms with Crippen LogP contribution in [0.1, 0.15) is 73.4 Å². The van der Waals surface area contributed by atoms with Gasteiger partial charge in [0.25, 0.3) is 0 Å². The van der Waals surface area contributed by atoms with Gasteiger partial charge in [0.15, 0.2) is 0 Å². The quantitative estimate of drug-likeness (QED) is 0.299. The van der Waals surface area contributed by atoms with Crippen molar-refractivity contribution >= 4 is 24.6 Å². The number of esters is 1. The van der Waals surface area contributed by atoms with Gasteiger partial charge in [-0.1, -0.05) is 30.3 Å². The highest BCUT2D eigenvalue weighted by atomic mass is 16.7. The Morgan fingerprint density at radius 3 is 2.08 bits per heavy atom. The fourth-order valence-electron chi connectivity index (χ4n) is 4.60. The highest BCUT2D eigenvalue weighted by molar-refractivity contribution is 6.63. The maximum atomic E-state index is 13.3. The number of benzene rings is 2. The van der Waals surface area contributed by atoms with Crippen molar-refractivity contribution in [3.05, 3.63) is 47.5 Å². The summed E-state index contributed by atoms with van der Waals surface area (Å²) in [6, 6.07) is 11.7. The molecule has 1 amide bonds. The highest BCUT2D eigenvalue weighted by Crippen LogP contribution is 2.40. The van der Waals surface area contributed by atoms with Gasteiger partial charge in [-0.3, -0.25) is 4.79 Å². The molecule has 0 unspecified atom stereocenters. The van der Waals surface area contributed by atoms with Gasteiger partial charge < -0.3 is 28.4 Å². The van der Waals surface area contributed by atoms with Crippen LogP contribution in [0.3, 0.4) is 0 Å². The lowest BCUT2D eigenvalue weighted by atomic mass is 9.72. The Morgan fingerprint density at radius 1 is 0.975 bits per heavy atom. The SMILES string of the molecule is CCOC(=O)Cc1c(B2OC(C)(C)C(C)(C)O2)cc(OC)c(-c2ccccc2)c1CN(CC)C(=O)OC(C)(C)C. The topological polar surface area (TPSA) is 83.5 Å². The molecule has 0 aliphatic carbocycles.